The SMILES string of the molecule is Cc1cc(-c2ccnc(NC(P(=O)(O)O)P(=O)(O)O)c2)cc(C(F)(F)F)c1. The summed E-state index contributed by atoms with van der Waals surface area (Å²) in [5.74, 6) is -0.320. The highest BCUT2D eigenvalue weighted by molar-refractivity contribution is 7.71. The number of pyridine rings is 1. The maximum Gasteiger partial charge on any atom is 0.416 e. The second-order valence-corrected chi connectivity index (χ2v) is 9.51. The smallest absolute Gasteiger partial charge is 0.346 e. The van der Waals surface area contributed by atoms with Gasteiger partial charge in [0, 0.05) is 6.20 Å². The van der Waals surface area contributed by atoms with Crippen molar-refractivity contribution in [2.45, 2.75) is 18.6 Å². The number of nitrogens with one attached hydrogen (secondary N) is 1. The number of aromatic nitrogens is 1. The minimum Gasteiger partial charge on any atom is -0.346 e. The van der Waals surface area contributed by atoms with E-state index in [-0.39, 0.29) is 16.9 Å². The molecule has 2 aromatic rings. The minimum atomic E-state index is -5.25. The number of rotatable bonds is 5. The lowest BCUT2D eigenvalue weighted by atomic mass is 10.0. The van der Waals surface area contributed by atoms with Gasteiger partial charge in [-0.1, -0.05) is 6.07 Å². The van der Waals surface area contributed by atoms with Gasteiger partial charge in [0.1, 0.15) is 5.82 Å². The molecule has 0 bridgehead atoms. The van der Waals surface area contributed by atoms with E-state index in [0.29, 0.717) is 5.56 Å². The van der Waals surface area contributed by atoms with Crippen LogP contribution in [0.1, 0.15) is 11.1 Å². The van der Waals surface area contributed by atoms with E-state index in [1.54, 1.807) is 0 Å². The fraction of sp³-hybridized carbons (Fsp3) is 0.214. The van der Waals surface area contributed by atoms with Crippen LogP contribution < -0.4 is 5.32 Å². The lowest BCUT2D eigenvalue weighted by Gasteiger charge is -2.21. The molecule has 2 rings (SSSR count). The van der Waals surface area contributed by atoms with Gasteiger partial charge in [-0.2, -0.15) is 13.2 Å². The monoisotopic (exact) mass is 426 g/mol. The predicted octanol–water partition coefficient (Wildman–Crippen LogP) is 3.13. The van der Waals surface area contributed by atoms with Gasteiger partial charge in [0.15, 0.2) is 0 Å². The Morgan fingerprint density at radius 2 is 1.59 bits per heavy atom. The van der Waals surface area contributed by atoms with Crippen LogP contribution in [0.4, 0.5) is 19.0 Å². The highest BCUT2D eigenvalue weighted by Crippen LogP contribution is 2.59. The number of halogens is 3. The number of hydrogen-bond acceptors (Lipinski definition) is 4. The summed E-state index contributed by atoms with van der Waals surface area (Å²) in [5.41, 5.74) is -2.73. The van der Waals surface area contributed by atoms with Crippen molar-refractivity contribution in [2.24, 2.45) is 0 Å². The van der Waals surface area contributed by atoms with Crippen LogP contribution in [0.2, 0.25) is 0 Å². The van der Waals surface area contributed by atoms with Crippen molar-refractivity contribution in [3.8, 4) is 11.1 Å². The highest BCUT2D eigenvalue weighted by Gasteiger charge is 2.43. The van der Waals surface area contributed by atoms with E-state index >= 15 is 0 Å². The lowest BCUT2D eigenvalue weighted by Crippen LogP contribution is -2.20. The topological polar surface area (TPSA) is 140 Å². The molecule has 148 valence electrons. The Labute approximate surface area is 151 Å². The van der Waals surface area contributed by atoms with Gasteiger partial charge in [-0.15, -0.1) is 0 Å². The van der Waals surface area contributed by atoms with Crippen LogP contribution >= 0.6 is 15.2 Å². The number of hydrogen-bond donors (Lipinski definition) is 5. The van der Waals surface area contributed by atoms with Crippen molar-refractivity contribution in [3.63, 3.8) is 0 Å². The third kappa shape index (κ3) is 5.62. The fourth-order valence-electron chi connectivity index (χ4n) is 2.30. The molecule has 0 atom stereocenters. The second kappa shape index (κ2) is 7.35. The summed E-state index contributed by atoms with van der Waals surface area (Å²) >= 11 is 0. The van der Waals surface area contributed by atoms with Crippen molar-refractivity contribution < 1.29 is 41.9 Å². The van der Waals surface area contributed by atoms with Gasteiger partial charge in [0.05, 0.1) is 5.56 Å². The van der Waals surface area contributed by atoms with Gasteiger partial charge < -0.3 is 24.9 Å². The number of benzene rings is 1. The largest absolute Gasteiger partial charge is 0.416 e. The molecule has 0 aliphatic heterocycles. The molecule has 0 aliphatic rings. The van der Waals surface area contributed by atoms with E-state index in [1.807, 2.05) is 5.32 Å². The van der Waals surface area contributed by atoms with Crippen molar-refractivity contribution in [3.05, 3.63) is 47.7 Å². The molecule has 0 spiro atoms. The first-order valence-corrected chi connectivity index (χ1v) is 10.6. The van der Waals surface area contributed by atoms with Crippen molar-refractivity contribution in [2.75, 3.05) is 5.32 Å². The molecule has 1 aromatic heterocycles. The molecule has 0 unspecified atom stereocenters. The lowest BCUT2D eigenvalue weighted by molar-refractivity contribution is -0.137. The Kier molecular flexibility index (Phi) is 5.87. The van der Waals surface area contributed by atoms with E-state index in [9.17, 15) is 22.3 Å². The van der Waals surface area contributed by atoms with Gasteiger partial charge in [-0.25, -0.2) is 4.98 Å². The molecule has 0 saturated carbocycles. The molecule has 0 radical (unpaired) electrons. The maximum absolute atomic E-state index is 13.0. The molecule has 1 heterocycles. The van der Waals surface area contributed by atoms with Crippen molar-refractivity contribution >= 4 is 21.0 Å². The highest BCUT2D eigenvalue weighted by atomic mass is 31.2. The van der Waals surface area contributed by atoms with Crippen LogP contribution in [0, 0.1) is 6.92 Å². The average molecular weight is 426 g/mol. The zero-order valence-corrected chi connectivity index (χ0v) is 15.4. The minimum absolute atomic E-state index is 0.150. The van der Waals surface area contributed by atoms with Crippen molar-refractivity contribution in [1.29, 1.82) is 0 Å². The van der Waals surface area contributed by atoms with Crippen LogP contribution in [0.5, 0.6) is 0 Å². The average Bonchev–Trinajstić information content (AvgIpc) is 2.49. The number of alkyl halides is 3. The van der Waals surface area contributed by atoms with Gasteiger partial charge >= 0.3 is 21.4 Å². The van der Waals surface area contributed by atoms with E-state index in [4.69, 9.17) is 19.6 Å². The number of aryl methyl sites for hydroxylation is 1. The van der Waals surface area contributed by atoms with Crippen LogP contribution in [0.25, 0.3) is 11.1 Å². The summed E-state index contributed by atoms with van der Waals surface area (Å²) in [4.78, 5) is 40.2. The third-order valence-electron chi connectivity index (χ3n) is 3.41. The summed E-state index contributed by atoms with van der Waals surface area (Å²) < 4.78 is 61.6. The first kappa shape index (κ1) is 21.6. The molecule has 1 aromatic carbocycles. The molecule has 27 heavy (non-hydrogen) atoms. The van der Waals surface area contributed by atoms with E-state index < -0.39 is 32.5 Å². The van der Waals surface area contributed by atoms with E-state index in [1.165, 1.54) is 19.1 Å². The Balaban J connectivity index is 2.46. The molecule has 8 nitrogen and oxygen atoms in total. The summed E-state index contributed by atoms with van der Waals surface area (Å²) in [5, 5.41) is 1.97. The molecule has 13 heteroatoms. The van der Waals surface area contributed by atoms with Gasteiger partial charge in [0.25, 0.3) is 0 Å². The quantitative estimate of drug-likeness (QED) is 0.460. The van der Waals surface area contributed by atoms with Crippen molar-refractivity contribution in [1.82, 2.24) is 4.98 Å². The van der Waals surface area contributed by atoms with Crippen LogP contribution in [-0.4, -0.2) is 30.1 Å². The molecule has 0 aliphatic carbocycles. The van der Waals surface area contributed by atoms with E-state index in [0.717, 1.165) is 24.4 Å². The fourth-order valence-corrected chi connectivity index (χ4v) is 4.47. The van der Waals surface area contributed by atoms with Crippen LogP contribution in [0.3, 0.4) is 0 Å². The summed E-state index contributed by atoms with van der Waals surface area (Å²) in [6, 6.07) is 5.78. The summed E-state index contributed by atoms with van der Waals surface area (Å²) in [6.45, 7) is 1.47. The Hall–Kier alpha value is -1.74. The van der Waals surface area contributed by atoms with Gasteiger partial charge in [0.2, 0.25) is 5.52 Å². The van der Waals surface area contributed by atoms with Crippen LogP contribution in [0.15, 0.2) is 36.5 Å². The zero-order valence-electron chi connectivity index (χ0n) is 13.6. The predicted molar refractivity (Wildman–Crippen MR) is 90.9 cm³/mol. The molecular weight excluding hydrogens is 411 g/mol. The summed E-state index contributed by atoms with van der Waals surface area (Å²) in [7, 11) is -10.5. The summed E-state index contributed by atoms with van der Waals surface area (Å²) in [6.07, 6.45) is -3.44. The first-order chi connectivity index (χ1) is 12.2. The molecule has 0 saturated heterocycles. The maximum atomic E-state index is 13.0. The molecular formula is C14H15F3N2O6P2. The standard InChI is InChI=1S/C14H15F3N2O6P2/c1-8-4-10(6-11(5-8)14(15,16)17)9-2-3-18-12(7-9)19-13(26(20,21)22)27(23,24)25/h2-7,13H,1H3,(H,18,19)(H2,20,21,22)(H2,23,24,25). The van der Waals surface area contributed by atoms with E-state index in [2.05, 4.69) is 4.98 Å². The molecule has 0 amide bonds. The number of nitrogens with zero attached hydrogens (tertiary/aromatic N) is 1. The third-order valence-corrected chi connectivity index (χ3v) is 6.75. The Morgan fingerprint density at radius 3 is 2.11 bits per heavy atom. The second-order valence-electron chi connectivity index (χ2n) is 5.71. The molecule has 5 N–H and O–H groups in total. The Morgan fingerprint density at radius 1 is 1.00 bits per heavy atom. The normalized spacial score (nSPS) is 13.1. The Bertz CT molecular complexity index is 919. The zero-order chi connectivity index (χ0) is 20.6. The van der Waals surface area contributed by atoms with Crippen LogP contribution in [-0.2, 0) is 15.3 Å². The number of anilines is 1. The van der Waals surface area contributed by atoms with Gasteiger partial charge in [-0.05, 0) is 47.9 Å². The molecule has 0 fully saturated rings. The van der Waals surface area contributed by atoms with Gasteiger partial charge in [-0.3, -0.25) is 9.13 Å². The first-order valence-electron chi connectivity index (χ1n) is 7.20.